The van der Waals surface area contributed by atoms with Crippen LogP contribution in [0, 0.1) is 0 Å². The smallest absolute Gasteiger partial charge is 0.326 e. The molecule has 0 saturated heterocycles. The predicted octanol–water partition coefficient (Wildman–Crippen LogP) is 3.60. The number of rotatable bonds is 8. The molecule has 0 bridgehead atoms. The lowest BCUT2D eigenvalue weighted by Gasteiger charge is -2.23. The number of ether oxygens (including phenoxy) is 2. The van der Waals surface area contributed by atoms with Crippen molar-refractivity contribution < 1.29 is 29.0 Å². The van der Waals surface area contributed by atoms with Crippen LogP contribution >= 0.6 is 0 Å². The molecule has 0 aliphatic carbocycles. The molecule has 1 amide bonds. The van der Waals surface area contributed by atoms with Gasteiger partial charge in [0.2, 0.25) is 5.91 Å². The Balaban J connectivity index is 2.05. The van der Waals surface area contributed by atoms with Crippen LogP contribution in [0.15, 0.2) is 36.4 Å². The van der Waals surface area contributed by atoms with Crippen LogP contribution in [0.2, 0.25) is 0 Å². The Morgan fingerprint density at radius 2 is 1.70 bits per heavy atom. The van der Waals surface area contributed by atoms with Crippen LogP contribution in [0.25, 0.3) is 10.8 Å². The summed E-state index contributed by atoms with van der Waals surface area (Å²) in [5, 5.41) is 11.5. The van der Waals surface area contributed by atoms with Gasteiger partial charge in [0.05, 0.1) is 13.0 Å². The van der Waals surface area contributed by atoms with E-state index >= 15 is 0 Å². The van der Waals surface area contributed by atoms with Crippen LogP contribution in [0.1, 0.15) is 45.1 Å². The molecule has 0 radical (unpaired) electrons. The Hall–Kier alpha value is -3.09. The SMILES string of the molecule is COc1ccc2cc([C@H](CCC(=O)N(C)CC(=O)OC(C)(C)C)C(=O)O)ccc2c1. The topological polar surface area (TPSA) is 93.1 Å². The summed E-state index contributed by atoms with van der Waals surface area (Å²) >= 11 is 0. The first-order chi connectivity index (χ1) is 14.0. The molecule has 162 valence electrons. The van der Waals surface area contributed by atoms with Gasteiger partial charge in [-0.25, -0.2) is 0 Å². The van der Waals surface area contributed by atoms with E-state index in [1.54, 1.807) is 33.9 Å². The van der Waals surface area contributed by atoms with Crippen molar-refractivity contribution in [3.05, 3.63) is 42.0 Å². The summed E-state index contributed by atoms with van der Waals surface area (Å²) in [7, 11) is 3.10. The van der Waals surface area contributed by atoms with Gasteiger partial charge in [-0.3, -0.25) is 14.4 Å². The summed E-state index contributed by atoms with van der Waals surface area (Å²) < 4.78 is 10.4. The van der Waals surface area contributed by atoms with Gasteiger partial charge in [0.1, 0.15) is 17.9 Å². The summed E-state index contributed by atoms with van der Waals surface area (Å²) in [5.41, 5.74) is -0.00193. The van der Waals surface area contributed by atoms with Gasteiger partial charge in [0.15, 0.2) is 0 Å². The zero-order chi connectivity index (χ0) is 22.5. The molecule has 1 atom stereocenters. The van der Waals surface area contributed by atoms with Crippen molar-refractivity contribution in [2.75, 3.05) is 20.7 Å². The maximum Gasteiger partial charge on any atom is 0.326 e. The molecular weight excluding hydrogens is 386 g/mol. The summed E-state index contributed by atoms with van der Waals surface area (Å²) in [6, 6.07) is 11.0. The van der Waals surface area contributed by atoms with Crippen molar-refractivity contribution in [1.82, 2.24) is 4.90 Å². The van der Waals surface area contributed by atoms with Crippen molar-refractivity contribution in [3.63, 3.8) is 0 Å². The maximum absolute atomic E-state index is 12.4. The highest BCUT2D eigenvalue weighted by Gasteiger charge is 2.24. The van der Waals surface area contributed by atoms with E-state index in [0.717, 1.165) is 16.5 Å². The van der Waals surface area contributed by atoms with Gasteiger partial charge in [-0.1, -0.05) is 24.3 Å². The van der Waals surface area contributed by atoms with Gasteiger partial charge < -0.3 is 19.5 Å². The maximum atomic E-state index is 12.4. The van der Waals surface area contributed by atoms with E-state index < -0.39 is 23.5 Å². The predicted molar refractivity (Wildman–Crippen MR) is 114 cm³/mol. The van der Waals surface area contributed by atoms with E-state index in [4.69, 9.17) is 9.47 Å². The molecule has 1 N–H and O–H groups in total. The van der Waals surface area contributed by atoms with Gasteiger partial charge in [-0.05, 0) is 55.7 Å². The number of benzene rings is 2. The number of carbonyl (C=O) groups is 3. The van der Waals surface area contributed by atoms with Crippen molar-refractivity contribution >= 4 is 28.6 Å². The Morgan fingerprint density at radius 3 is 2.30 bits per heavy atom. The second kappa shape index (κ2) is 9.61. The fourth-order valence-corrected chi connectivity index (χ4v) is 3.13. The van der Waals surface area contributed by atoms with Crippen molar-refractivity contribution in [2.45, 2.75) is 45.1 Å². The first-order valence-corrected chi connectivity index (χ1v) is 9.76. The Kier molecular flexibility index (Phi) is 7.43. The number of esters is 1. The number of methoxy groups -OCH3 is 1. The normalized spacial score (nSPS) is 12.3. The van der Waals surface area contributed by atoms with E-state index in [2.05, 4.69) is 0 Å². The number of fused-ring (bicyclic) bond motifs is 1. The molecule has 2 aromatic rings. The van der Waals surface area contributed by atoms with Crippen LogP contribution in [0.5, 0.6) is 5.75 Å². The van der Waals surface area contributed by atoms with E-state index in [1.807, 2.05) is 30.3 Å². The third-order valence-corrected chi connectivity index (χ3v) is 4.63. The largest absolute Gasteiger partial charge is 0.497 e. The number of carboxylic acids is 1. The molecule has 0 spiro atoms. The number of amides is 1. The van der Waals surface area contributed by atoms with Crippen LogP contribution < -0.4 is 4.74 Å². The molecule has 0 saturated carbocycles. The molecule has 0 heterocycles. The van der Waals surface area contributed by atoms with Crippen LogP contribution in [-0.4, -0.2) is 54.2 Å². The number of nitrogens with zero attached hydrogens (tertiary/aromatic N) is 1. The van der Waals surface area contributed by atoms with E-state index in [1.165, 1.54) is 11.9 Å². The van der Waals surface area contributed by atoms with E-state index in [-0.39, 0.29) is 25.3 Å². The lowest BCUT2D eigenvalue weighted by atomic mass is 9.92. The molecule has 7 heteroatoms. The number of likely N-dealkylation sites (N-methyl/N-ethyl adjacent to an activating group) is 1. The highest BCUT2D eigenvalue weighted by Crippen LogP contribution is 2.28. The number of carbonyl (C=O) groups excluding carboxylic acids is 2. The molecule has 2 aromatic carbocycles. The standard InChI is InChI=1S/C23H29NO6/c1-23(2,3)30-21(26)14-24(4)20(25)11-10-19(22(27)28)17-7-6-16-13-18(29-5)9-8-15(16)12-17/h6-9,12-13,19H,10-11,14H2,1-5H3,(H,27,28)/t19-/m0/s1. The number of aliphatic carboxylic acids is 1. The minimum atomic E-state index is -0.995. The van der Waals surface area contributed by atoms with Crippen molar-refractivity contribution in [2.24, 2.45) is 0 Å². The number of hydrogen-bond donors (Lipinski definition) is 1. The highest BCUT2D eigenvalue weighted by molar-refractivity contribution is 5.87. The van der Waals surface area contributed by atoms with E-state index in [9.17, 15) is 19.5 Å². The average Bonchev–Trinajstić information content (AvgIpc) is 2.65. The average molecular weight is 415 g/mol. The van der Waals surface area contributed by atoms with Gasteiger partial charge in [0, 0.05) is 13.5 Å². The summed E-state index contributed by atoms with van der Waals surface area (Å²) in [6.07, 6.45) is 0.144. The van der Waals surface area contributed by atoms with Gasteiger partial charge in [-0.2, -0.15) is 0 Å². The lowest BCUT2D eigenvalue weighted by molar-refractivity contribution is -0.158. The molecular formula is C23H29NO6. The van der Waals surface area contributed by atoms with Crippen LogP contribution in [0.3, 0.4) is 0 Å². The molecule has 7 nitrogen and oxygen atoms in total. The zero-order valence-electron chi connectivity index (χ0n) is 18.1. The molecule has 2 rings (SSSR count). The Labute approximate surface area is 176 Å². The third kappa shape index (κ3) is 6.47. The molecule has 0 fully saturated rings. The van der Waals surface area contributed by atoms with Gasteiger partial charge in [0.25, 0.3) is 0 Å². The zero-order valence-corrected chi connectivity index (χ0v) is 18.1. The summed E-state index contributed by atoms with van der Waals surface area (Å²) in [5.74, 6) is -1.90. The minimum absolute atomic E-state index is 0.0108. The molecule has 0 unspecified atom stereocenters. The van der Waals surface area contributed by atoms with Crippen molar-refractivity contribution in [1.29, 1.82) is 0 Å². The fourth-order valence-electron chi connectivity index (χ4n) is 3.13. The third-order valence-electron chi connectivity index (χ3n) is 4.63. The monoisotopic (exact) mass is 415 g/mol. The van der Waals surface area contributed by atoms with Gasteiger partial charge in [-0.15, -0.1) is 0 Å². The van der Waals surface area contributed by atoms with E-state index in [0.29, 0.717) is 5.56 Å². The van der Waals surface area contributed by atoms with Gasteiger partial charge >= 0.3 is 11.9 Å². The Morgan fingerprint density at radius 1 is 1.07 bits per heavy atom. The summed E-state index contributed by atoms with van der Waals surface area (Å²) in [6.45, 7) is 5.09. The first kappa shape index (κ1) is 23.2. The number of carboxylic acid groups (broad SMARTS) is 1. The molecule has 0 aliphatic rings. The fraction of sp³-hybridized carbons (Fsp3) is 0.435. The van der Waals surface area contributed by atoms with Crippen LogP contribution in [0.4, 0.5) is 0 Å². The number of hydrogen-bond acceptors (Lipinski definition) is 5. The second-order valence-electron chi connectivity index (χ2n) is 8.24. The summed E-state index contributed by atoms with van der Waals surface area (Å²) in [4.78, 5) is 37.4. The second-order valence-corrected chi connectivity index (χ2v) is 8.24. The van der Waals surface area contributed by atoms with Crippen molar-refractivity contribution in [3.8, 4) is 5.75 Å². The highest BCUT2D eigenvalue weighted by atomic mass is 16.6. The van der Waals surface area contributed by atoms with Crippen LogP contribution in [-0.2, 0) is 19.1 Å². The first-order valence-electron chi connectivity index (χ1n) is 9.76. The molecule has 30 heavy (non-hydrogen) atoms. The lowest BCUT2D eigenvalue weighted by Crippen LogP contribution is -2.36. The minimum Gasteiger partial charge on any atom is -0.497 e. The molecule has 0 aromatic heterocycles. The Bertz CT molecular complexity index is 931. The molecule has 0 aliphatic heterocycles. The quantitative estimate of drug-likeness (QED) is 0.662.